The first-order chi connectivity index (χ1) is 7.33. The SMILES string of the molecule is C=C/C=C1\C(=C)N=NC1c1ccccc1. The van der Waals surface area contributed by atoms with Gasteiger partial charge in [-0.25, -0.2) is 0 Å². The first-order valence-corrected chi connectivity index (χ1v) is 4.80. The van der Waals surface area contributed by atoms with Gasteiger partial charge in [-0.2, -0.15) is 10.2 Å². The molecule has 1 aromatic carbocycles. The number of azo groups is 1. The number of benzene rings is 1. The summed E-state index contributed by atoms with van der Waals surface area (Å²) in [6, 6.07) is 10.0. The van der Waals surface area contributed by atoms with Gasteiger partial charge in [0.1, 0.15) is 6.04 Å². The van der Waals surface area contributed by atoms with E-state index < -0.39 is 0 Å². The molecule has 2 heteroatoms. The fraction of sp³-hybridized carbons (Fsp3) is 0.0769. The van der Waals surface area contributed by atoms with Gasteiger partial charge >= 0.3 is 0 Å². The first-order valence-electron chi connectivity index (χ1n) is 4.80. The van der Waals surface area contributed by atoms with Crippen LogP contribution >= 0.6 is 0 Å². The van der Waals surface area contributed by atoms with E-state index in [0.717, 1.165) is 16.8 Å². The molecule has 0 fully saturated rings. The molecule has 0 saturated carbocycles. The molecule has 1 aliphatic heterocycles. The van der Waals surface area contributed by atoms with Gasteiger partial charge < -0.3 is 0 Å². The molecule has 1 heterocycles. The van der Waals surface area contributed by atoms with Crippen LogP contribution in [0.1, 0.15) is 11.6 Å². The molecule has 0 bridgehead atoms. The topological polar surface area (TPSA) is 24.7 Å². The van der Waals surface area contributed by atoms with Crippen LogP contribution in [0.5, 0.6) is 0 Å². The molecule has 0 spiro atoms. The van der Waals surface area contributed by atoms with Crippen molar-refractivity contribution in [2.75, 3.05) is 0 Å². The van der Waals surface area contributed by atoms with E-state index in [-0.39, 0.29) is 6.04 Å². The quantitative estimate of drug-likeness (QED) is 0.687. The Hall–Kier alpha value is -1.96. The normalized spacial score (nSPS) is 22.3. The molecule has 1 atom stereocenters. The third kappa shape index (κ3) is 1.79. The molecule has 0 aromatic heterocycles. The fourth-order valence-corrected chi connectivity index (χ4v) is 1.60. The van der Waals surface area contributed by atoms with Crippen molar-refractivity contribution in [3.05, 3.63) is 72.5 Å². The molecule has 0 aliphatic carbocycles. The maximum absolute atomic E-state index is 4.20. The zero-order chi connectivity index (χ0) is 10.7. The minimum atomic E-state index is -0.0169. The van der Waals surface area contributed by atoms with Crippen molar-refractivity contribution in [1.29, 1.82) is 0 Å². The van der Waals surface area contributed by atoms with Crippen molar-refractivity contribution in [3.8, 4) is 0 Å². The van der Waals surface area contributed by atoms with Crippen molar-refractivity contribution in [2.45, 2.75) is 6.04 Å². The standard InChI is InChI=1S/C13H12N2/c1-3-7-12-10(2)14-15-13(12)11-8-5-4-6-9-11/h3-9,13H,1-2H2/b12-7+. The third-order valence-corrected chi connectivity index (χ3v) is 2.33. The molecular weight excluding hydrogens is 184 g/mol. The van der Waals surface area contributed by atoms with E-state index in [0.29, 0.717) is 0 Å². The van der Waals surface area contributed by atoms with Crippen LogP contribution in [0.4, 0.5) is 0 Å². The lowest BCUT2D eigenvalue weighted by Gasteiger charge is -2.07. The number of rotatable bonds is 2. The van der Waals surface area contributed by atoms with Crippen LogP contribution in [0.2, 0.25) is 0 Å². The van der Waals surface area contributed by atoms with E-state index in [2.05, 4.69) is 23.4 Å². The minimum absolute atomic E-state index is 0.0169. The van der Waals surface area contributed by atoms with Gasteiger partial charge in [0.25, 0.3) is 0 Å². The summed E-state index contributed by atoms with van der Waals surface area (Å²) in [5.74, 6) is 0. The zero-order valence-corrected chi connectivity index (χ0v) is 8.43. The molecule has 74 valence electrons. The summed E-state index contributed by atoms with van der Waals surface area (Å²) in [7, 11) is 0. The fourth-order valence-electron chi connectivity index (χ4n) is 1.60. The van der Waals surface area contributed by atoms with E-state index >= 15 is 0 Å². The summed E-state index contributed by atoms with van der Waals surface area (Å²) >= 11 is 0. The lowest BCUT2D eigenvalue weighted by atomic mass is 9.98. The van der Waals surface area contributed by atoms with Crippen LogP contribution in [0.15, 0.2) is 77.1 Å². The molecule has 1 aromatic rings. The number of allylic oxidation sites excluding steroid dienone is 2. The van der Waals surface area contributed by atoms with Crippen LogP contribution in [-0.2, 0) is 0 Å². The summed E-state index contributed by atoms with van der Waals surface area (Å²) in [5, 5.41) is 8.20. The maximum Gasteiger partial charge on any atom is 0.123 e. The monoisotopic (exact) mass is 196 g/mol. The predicted molar refractivity (Wildman–Crippen MR) is 61.5 cm³/mol. The molecule has 1 aliphatic rings. The van der Waals surface area contributed by atoms with Crippen molar-refractivity contribution < 1.29 is 0 Å². The first kappa shape index (κ1) is 9.59. The van der Waals surface area contributed by atoms with Crippen LogP contribution in [0.25, 0.3) is 0 Å². The summed E-state index contributed by atoms with van der Waals surface area (Å²) < 4.78 is 0. The van der Waals surface area contributed by atoms with Crippen LogP contribution in [-0.4, -0.2) is 0 Å². The highest BCUT2D eigenvalue weighted by Gasteiger charge is 2.22. The van der Waals surface area contributed by atoms with Gasteiger partial charge in [-0.1, -0.05) is 55.6 Å². The minimum Gasteiger partial charge on any atom is -0.175 e. The average Bonchev–Trinajstić information content (AvgIpc) is 2.63. The second kappa shape index (κ2) is 4.05. The summed E-state index contributed by atoms with van der Waals surface area (Å²) in [4.78, 5) is 0. The highest BCUT2D eigenvalue weighted by atomic mass is 15.2. The van der Waals surface area contributed by atoms with Crippen molar-refractivity contribution >= 4 is 0 Å². The number of hydrogen-bond acceptors (Lipinski definition) is 2. The maximum atomic E-state index is 4.20. The van der Waals surface area contributed by atoms with E-state index in [1.54, 1.807) is 6.08 Å². The Labute approximate surface area is 89.4 Å². The lowest BCUT2D eigenvalue weighted by Crippen LogP contribution is -1.95. The Morgan fingerprint density at radius 2 is 1.93 bits per heavy atom. The Morgan fingerprint density at radius 3 is 2.60 bits per heavy atom. The third-order valence-electron chi connectivity index (χ3n) is 2.33. The van der Waals surface area contributed by atoms with Gasteiger partial charge in [-0.3, -0.25) is 0 Å². The zero-order valence-electron chi connectivity index (χ0n) is 8.43. The van der Waals surface area contributed by atoms with Crippen molar-refractivity contribution in [1.82, 2.24) is 0 Å². The smallest absolute Gasteiger partial charge is 0.123 e. The van der Waals surface area contributed by atoms with Gasteiger partial charge in [0, 0.05) is 5.57 Å². The summed E-state index contributed by atoms with van der Waals surface area (Å²) in [6.45, 7) is 7.54. The summed E-state index contributed by atoms with van der Waals surface area (Å²) in [6.07, 6.45) is 3.66. The predicted octanol–water partition coefficient (Wildman–Crippen LogP) is 3.82. The van der Waals surface area contributed by atoms with Gasteiger partial charge in [-0.15, -0.1) is 0 Å². The highest BCUT2D eigenvalue weighted by molar-refractivity contribution is 5.42. The molecule has 15 heavy (non-hydrogen) atoms. The number of hydrogen-bond donors (Lipinski definition) is 0. The van der Waals surface area contributed by atoms with Crippen LogP contribution in [0, 0.1) is 0 Å². The Bertz CT molecular complexity index is 441. The highest BCUT2D eigenvalue weighted by Crippen LogP contribution is 2.36. The Morgan fingerprint density at radius 1 is 1.20 bits per heavy atom. The second-order valence-electron chi connectivity index (χ2n) is 3.33. The van der Waals surface area contributed by atoms with Gasteiger partial charge in [0.2, 0.25) is 0 Å². The molecular formula is C13H12N2. The molecule has 0 N–H and O–H groups in total. The largest absolute Gasteiger partial charge is 0.175 e. The average molecular weight is 196 g/mol. The Kier molecular flexibility index (Phi) is 2.59. The van der Waals surface area contributed by atoms with E-state index in [1.807, 2.05) is 36.4 Å². The van der Waals surface area contributed by atoms with Crippen LogP contribution < -0.4 is 0 Å². The molecule has 0 saturated heterocycles. The van der Waals surface area contributed by atoms with E-state index in [9.17, 15) is 0 Å². The Balaban J connectivity index is 2.39. The molecule has 0 amide bonds. The molecule has 2 rings (SSSR count). The lowest BCUT2D eigenvalue weighted by molar-refractivity contribution is 0.868. The molecule has 0 radical (unpaired) electrons. The molecule has 2 nitrogen and oxygen atoms in total. The molecule has 1 unspecified atom stereocenters. The number of nitrogens with zero attached hydrogens (tertiary/aromatic N) is 2. The van der Waals surface area contributed by atoms with Gasteiger partial charge in [-0.05, 0) is 5.56 Å². The second-order valence-corrected chi connectivity index (χ2v) is 3.33. The van der Waals surface area contributed by atoms with Gasteiger partial charge in [0.15, 0.2) is 0 Å². The van der Waals surface area contributed by atoms with E-state index in [4.69, 9.17) is 0 Å². The van der Waals surface area contributed by atoms with Crippen molar-refractivity contribution in [3.63, 3.8) is 0 Å². The van der Waals surface area contributed by atoms with Crippen molar-refractivity contribution in [2.24, 2.45) is 10.2 Å². The van der Waals surface area contributed by atoms with Crippen LogP contribution in [0.3, 0.4) is 0 Å². The van der Waals surface area contributed by atoms with E-state index in [1.165, 1.54) is 0 Å². The van der Waals surface area contributed by atoms with Gasteiger partial charge in [0.05, 0.1) is 5.70 Å². The summed E-state index contributed by atoms with van der Waals surface area (Å²) in [5.41, 5.74) is 2.88.